The number of carbonyl (C=O) groups excluding carboxylic acids is 1. The third-order valence-corrected chi connectivity index (χ3v) is 6.14. The Labute approximate surface area is 162 Å². The molecule has 0 saturated heterocycles. The largest absolute Gasteiger partial charge is 0.478 e. The van der Waals surface area contributed by atoms with E-state index < -0.39 is 22.0 Å². The van der Waals surface area contributed by atoms with E-state index in [-0.39, 0.29) is 17.2 Å². The molecule has 0 aliphatic carbocycles. The average molecular weight is 388 g/mol. The molecule has 0 aliphatic heterocycles. The van der Waals surface area contributed by atoms with Gasteiger partial charge in [0.05, 0.1) is 5.56 Å². The van der Waals surface area contributed by atoms with Gasteiger partial charge in [0.2, 0.25) is 5.91 Å². The lowest BCUT2D eigenvalue weighted by atomic mass is 10.0. The van der Waals surface area contributed by atoms with E-state index in [9.17, 15) is 13.8 Å². The van der Waals surface area contributed by atoms with Crippen LogP contribution >= 0.6 is 0 Å². The molecule has 2 N–H and O–H groups in total. The summed E-state index contributed by atoms with van der Waals surface area (Å²) in [6.45, 7) is 5.72. The third-order valence-electron chi connectivity index (χ3n) is 4.52. The monoisotopic (exact) mass is 387 g/mol. The molecule has 27 heavy (non-hydrogen) atoms. The van der Waals surface area contributed by atoms with Crippen LogP contribution in [0.3, 0.4) is 0 Å². The van der Waals surface area contributed by atoms with Crippen LogP contribution in [0.4, 0.5) is 5.69 Å². The molecule has 144 valence electrons. The normalized spacial score (nSPS) is 13.0. The first kappa shape index (κ1) is 20.8. The number of rotatable bonds is 8. The van der Waals surface area contributed by atoms with Crippen LogP contribution in [0.2, 0.25) is 0 Å². The standard InChI is InChI=1S/C21H25NO4S/c1-4-16-7-6-8-17(5-2)19(16)22-20(23)14(3)27(26)13-15-9-11-18(12-10-15)21(24)25/h6-12,14H,4-5,13H2,1-3H3,(H,22,23)(H,24,25). The molecule has 0 aliphatic rings. The third kappa shape index (κ3) is 5.26. The highest BCUT2D eigenvalue weighted by atomic mass is 32.2. The molecule has 0 aromatic heterocycles. The number of anilines is 1. The van der Waals surface area contributed by atoms with Crippen LogP contribution < -0.4 is 5.32 Å². The fourth-order valence-electron chi connectivity index (χ4n) is 2.78. The summed E-state index contributed by atoms with van der Waals surface area (Å²) in [6.07, 6.45) is 1.60. The molecule has 2 unspecified atom stereocenters. The summed E-state index contributed by atoms with van der Waals surface area (Å²) in [5.74, 6) is -1.08. The number of benzene rings is 2. The number of aromatic carboxylic acids is 1. The van der Waals surface area contributed by atoms with E-state index in [4.69, 9.17) is 5.11 Å². The predicted octanol–water partition coefficient (Wildman–Crippen LogP) is 3.79. The van der Waals surface area contributed by atoms with Gasteiger partial charge in [-0.2, -0.15) is 0 Å². The molecule has 1 amide bonds. The van der Waals surface area contributed by atoms with E-state index in [1.54, 1.807) is 19.1 Å². The van der Waals surface area contributed by atoms with Crippen molar-refractivity contribution < 1.29 is 18.9 Å². The Morgan fingerprint density at radius 2 is 1.59 bits per heavy atom. The van der Waals surface area contributed by atoms with Crippen molar-refractivity contribution in [1.82, 2.24) is 0 Å². The second kappa shape index (κ2) is 9.46. The molecule has 5 nitrogen and oxygen atoms in total. The summed E-state index contributed by atoms with van der Waals surface area (Å²) >= 11 is 0. The minimum atomic E-state index is -1.41. The maximum Gasteiger partial charge on any atom is 0.335 e. The van der Waals surface area contributed by atoms with Crippen molar-refractivity contribution in [2.24, 2.45) is 0 Å². The van der Waals surface area contributed by atoms with Gasteiger partial charge in [0.1, 0.15) is 5.25 Å². The first-order chi connectivity index (χ1) is 12.9. The van der Waals surface area contributed by atoms with Gasteiger partial charge in [-0.05, 0) is 48.6 Å². The molecule has 6 heteroatoms. The maximum absolute atomic E-state index is 12.6. The van der Waals surface area contributed by atoms with Crippen LogP contribution in [0.25, 0.3) is 0 Å². The van der Waals surface area contributed by atoms with E-state index >= 15 is 0 Å². The summed E-state index contributed by atoms with van der Waals surface area (Å²) in [7, 11) is -1.41. The lowest BCUT2D eigenvalue weighted by molar-refractivity contribution is -0.115. The van der Waals surface area contributed by atoms with Gasteiger partial charge in [-0.1, -0.05) is 44.2 Å². The fourth-order valence-corrected chi connectivity index (χ4v) is 3.85. The topological polar surface area (TPSA) is 83.5 Å². The van der Waals surface area contributed by atoms with Gasteiger partial charge < -0.3 is 10.4 Å². The van der Waals surface area contributed by atoms with Crippen LogP contribution in [0.1, 0.15) is 47.8 Å². The van der Waals surface area contributed by atoms with Crippen molar-refractivity contribution in [2.45, 2.75) is 44.6 Å². The molecule has 2 atom stereocenters. The zero-order valence-corrected chi connectivity index (χ0v) is 16.6. The Kier molecular flexibility index (Phi) is 7.30. The number of para-hydroxylation sites is 1. The van der Waals surface area contributed by atoms with Gasteiger partial charge in [0.15, 0.2) is 0 Å². The van der Waals surface area contributed by atoms with E-state index in [1.165, 1.54) is 12.1 Å². The lowest BCUT2D eigenvalue weighted by Crippen LogP contribution is -2.30. The van der Waals surface area contributed by atoms with Crippen molar-refractivity contribution >= 4 is 28.4 Å². The molecule has 0 spiro atoms. The zero-order chi connectivity index (χ0) is 20.0. The number of hydrogen-bond donors (Lipinski definition) is 2. The summed E-state index contributed by atoms with van der Waals surface area (Å²) in [5, 5.41) is 11.2. The molecule has 0 fully saturated rings. The highest BCUT2D eigenvalue weighted by Gasteiger charge is 2.22. The minimum absolute atomic E-state index is 0.179. The van der Waals surface area contributed by atoms with E-state index in [2.05, 4.69) is 5.32 Å². The van der Waals surface area contributed by atoms with E-state index in [1.807, 2.05) is 32.0 Å². The van der Waals surface area contributed by atoms with Crippen molar-refractivity contribution in [3.05, 3.63) is 64.7 Å². The average Bonchev–Trinajstić information content (AvgIpc) is 2.67. The Morgan fingerprint density at radius 3 is 2.07 bits per heavy atom. The summed E-state index contributed by atoms with van der Waals surface area (Å²) in [4.78, 5) is 23.5. The number of carbonyl (C=O) groups is 2. The molecule has 2 rings (SSSR count). The predicted molar refractivity (Wildman–Crippen MR) is 109 cm³/mol. The minimum Gasteiger partial charge on any atom is -0.478 e. The van der Waals surface area contributed by atoms with Crippen molar-refractivity contribution in [3.8, 4) is 0 Å². The van der Waals surface area contributed by atoms with E-state index in [0.29, 0.717) is 0 Å². The SMILES string of the molecule is CCc1cccc(CC)c1NC(=O)C(C)S(=O)Cc1ccc(C(=O)O)cc1. The summed E-state index contributed by atoms with van der Waals surface area (Å²) < 4.78 is 12.6. The van der Waals surface area contributed by atoms with Gasteiger partial charge in [-0.15, -0.1) is 0 Å². The molecular weight excluding hydrogens is 362 g/mol. The summed E-state index contributed by atoms with van der Waals surface area (Å²) in [6, 6.07) is 12.2. The van der Waals surface area contributed by atoms with Gasteiger partial charge in [0, 0.05) is 22.2 Å². The first-order valence-electron chi connectivity index (χ1n) is 8.98. The summed E-state index contributed by atoms with van der Waals surface area (Å²) in [5.41, 5.74) is 3.86. The van der Waals surface area contributed by atoms with E-state index in [0.717, 1.165) is 35.2 Å². The molecule has 2 aromatic carbocycles. The van der Waals surface area contributed by atoms with Crippen molar-refractivity contribution in [3.63, 3.8) is 0 Å². The first-order valence-corrected chi connectivity index (χ1v) is 10.4. The highest BCUT2D eigenvalue weighted by molar-refractivity contribution is 7.85. The van der Waals surface area contributed by atoms with Crippen LogP contribution in [0, 0.1) is 0 Å². The van der Waals surface area contributed by atoms with Gasteiger partial charge in [-0.25, -0.2) is 4.79 Å². The number of carboxylic acids is 1. The zero-order valence-electron chi connectivity index (χ0n) is 15.8. The lowest BCUT2D eigenvalue weighted by Gasteiger charge is -2.17. The molecule has 0 heterocycles. The van der Waals surface area contributed by atoms with Gasteiger partial charge in [-0.3, -0.25) is 9.00 Å². The fraction of sp³-hybridized carbons (Fsp3) is 0.333. The Balaban J connectivity index is 2.08. The highest BCUT2D eigenvalue weighted by Crippen LogP contribution is 2.23. The molecule has 0 radical (unpaired) electrons. The maximum atomic E-state index is 12.6. The van der Waals surface area contributed by atoms with Crippen LogP contribution in [0.5, 0.6) is 0 Å². The second-order valence-corrected chi connectivity index (χ2v) is 8.07. The number of nitrogens with one attached hydrogen (secondary N) is 1. The van der Waals surface area contributed by atoms with Crippen LogP contribution in [-0.4, -0.2) is 26.4 Å². The molecule has 0 saturated carbocycles. The molecule has 0 bridgehead atoms. The van der Waals surface area contributed by atoms with Gasteiger partial charge >= 0.3 is 5.97 Å². The van der Waals surface area contributed by atoms with Crippen LogP contribution in [-0.2, 0) is 34.2 Å². The number of amides is 1. The van der Waals surface area contributed by atoms with Crippen molar-refractivity contribution in [1.29, 1.82) is 0 Å². The number of aryl methyl sites for hydroxylation is 2. The Morgan fingerprint density at radius 1 is 1.04 bits per heavy atom. The number of hydrogen-bond acceptors (Lipinski definition) is 3. The van der Waals surface area contributed by atoms with Crippen molar-refractivity contribution in [2.75, 3.05) is 5.32 Å². The Hall–Kier alpha value is -2.47. The van der Waals surface area contributed by atoms with Gasteiger partial charge in [0.25, 0.3) is 0 Å². The second-order valence-electron chi connectivity index (χ2n) is 6.32. The molecular formula is C21H25NO4S. The molecule has 2 aromatic rings. The van der Waals surface area contributed by atoms with Crippen LogP contribution in [0.15, 0.2) is 42.5 Å². The smallest absolute Gasteiger partial charge is 0.335 e. The Bertz CT molecular complexity index is 824. The number of carboxylic acid groups (broad SMARTS) is 1. The quantitative estimate of drug-likeness (QED) is 0.722.